The number of hydrogen-bond donors (Lipinski definition) is 1. The van der Waals surface area contributed by atoms with Crippen LogP contribution in [-0.4, -0.2) is 5.11 Å². The fourth-order valence-electron chi connectivity index (χ4n) is 1.02. The average Bonchev–Trinajstić information content (AvgIpc) is 2.33. The van der Waals surface area contributed by atoms with Crippen molar-refractivity contribution in [1.82, 2.24) is 5.32 Å². The topological polar surface area (TPSA) is 34.3 Å². The third kappa shape index (κ3) is 1.01. The molecule has 1 radical (unpaired) electrons. The highest BCUT2D eigenvalue weighted by Gasteiger charge is 2.12. The normalized spacial score (nSPS) is 13.7. The summed E-state index contributed by atoms with van der Waals surface area (Å²) in [7, 11) is 0. The van der Waals surface area contributed by atoms with Crippen LogP contribution in [0.5, 0.6) is 5.75 Å². The van der Waals surface area contributed by atoms with Gasteiger partial charge in [-0.2, -0.15) is 0 Å². The van der Waals surface area contributed by atoms with Crippen molar-refractivity contribution in [2.45, 2.75) is 0 Å². The molecular formula is C8H5BrNO. The van der Waals surface area contributed by atoms with Crippen LogP contribution in [0.15, 0.2) is 24.4 Å². The van der Waals surface area contributed by atoms with E-state index < -0.39 is 0 Å². The summed E-state index contributed by atoms with van der Waals surface area (Å²) in [5.74, 6) is 0.270. The predicted molar refractivity (Wildman–Crippen MR) is 46.8 cm³/mol. The van der Waals surface area contributed by atoms with E-state index in [0.29, 0.717) is 0 Å². The van der Waals surface area contributed by atoms with Crippen LogP contribution in [0.3, 0.4) is 0 Å². The van der Waals surface area contributed by atoms with E-state index in [1.54, 1.807) is 24.4 Å². The summed E-state index contributed by atoms with van der Waals surface area (Å²) >= 11 is 3.33. The van der Waals surface area contributed by atoms with Crippen molar-refractivity contribution >= 4 is 26.1 Å². The van der Waals surface area contributed by atoms with Crippen molar-refractivity contribution in [3.8, 4) is 5.75 Å². The molecule has 0 saturated carbocycles. The standard InChI is InChI=1S/C8H5BrNO/c9-7-4-10-8-2-1-5(11)3-6(7)8/h1-4,11H. The number of aromatic hydroxyl groups is 1. The van der Waals surface area contributed by atoms with E-state index in [9.17, 15) is 0 Å². The van der Waals surface area contributed by atoms with Gasteiger partial charge in [-0.15, -0.1) is 0 Å². The molecule has 55 valence electrons. The first-order valence-corrected chi connectivity index (χ1v) is 3.96. The van der Waals surface area contributed by atoms with Gasteiger partial charge in [-0.1, -0.05) is 0 Å². The summed E-state index contributed by atoms with van der Waals surface area (Å²) in [5.41, 5.74) is 1.85. The van der Waals surface area contributed by atoms with Gasteiger partial charge >= 0.3 is 0 Å². The first kappa shape index (κ1) is 6.73. The molecule has 0 aromatic heterocycles. The van der Waals surface area contributed by atoms with E-state index in [1.165, 1.54) is 0 Å². The summed E-state index contributed by atoms with van der Waals surface area (Å²) in [4.78, 5) is 0. The number of rotatable bonds is 0. The van der Waals surface area contributed by atoms with Gasteiger partial charge in [0, 0.05) is 16.2 Å². The minimum Gasteiger partial charge on any atom is -0.508 e. The van der Waals surface area contributed by atoms with Crippen LogP contribution in [0, 0.1) is 0 Å². The summed E-state index contributed by atoms with van der Waals surface area (Å²) < 4.78 is 0.920. The summed E-state index contributed by atoms with van der Waals surface area (Å²) in [6.45, 7) is 0. The molecule has 0 amide bonds. The molecule has 2 nitrogen and oxygen atoms in total. The number of fused-ring (bicyclic) bond motifs is 1. The molecule has 1 aromatic carbocycles. The molecule has 2 rings (SSSR count). The lowest BCUT2D eigenvalue weighted by Gasteiger charge is -1.98. The van der Waals surface area contributed by atoms with Crippen molar-refractivity contribution in [2.24, 2.45) is 0 Å². The zero-order valence-electron chi connectivity index (χ0n) is 5.58. The average molecular weight is 211 g/mol. The lowest BCUT2D eigenvalue weighted by molar-refractivity contribution is 0.475. The Hall–Kier alpha value is -0.960. The molecule has 11 heavy (non-hydrogen) atoms. The van der Waals surface area contributed by atoms with Crippen LogP contribution < -0.4 is 5.32 Å². The van der Waals surface area contributed by atoms with Gasteiger partial charge in [0.25, 0.3) is 0 Å². The maximum absolute atomic E-state index is 9.12. The zero-order chi connectivity index (χ0) is 7.84. The minimum absolute atomic E-state index is 0.270. The molecule has 0 unspecified atom stereocenters. The van der Waals surface area contributed by atoms with Gasteiger partial charge in [0.2, 0.25) is 0 Å². The molecule has 0 saturated heterocycles. The summed E-state index contributed by atoms with van der Waals surface area (Å²) in [6.07, 6.45) is 1.73. The van der Waals surface area contributed by atoms with Gasteiger partial charge in [0.1, 0.15) is 5.75 Å². The van der Waals surface area contributed by atoms with Gasteiger partial charge < -0.3 is 5.11 Å². The molecule has 1 N–H and O–H groups in total. The summed E-state index contributed by atoms with van der Waals surface area (Å²) in [5, 5.41) is 13.2. The Bertz CT molecular complexity index is 333. The highest BCUT2D eigenvalue weighted by Crippen LogP contribution is 2.35. The lowest BCUT2D eigenvalue weighted by Crippen LogP contribution is -1.80. The molecule has 3 heteroatoms. The number of hydrogen-bond acceptors (Lipinski definition) is 1. The van der Waals surface area contributed by atoms with Crippen molar-refractivity contribution in [2.75, 3.05) is 0 Å². The van der Waals surface area contributed by atoms with E-state index >= 15 is 0 Å². The Balaban J connectivity index is 2.60. The number of phenolic OH excluding ortho intramolecular Hbond substituents is 1. The number of benzene rings is 1. The minimum atomic E-state index is 0.270. The van der Waals surface area contributed by atoms with Crippen molar-refractivity contribution in [1.29, 1.82) is 0 Å². The van der Waals surface area contributed by atoms with Gasteiger partial charge in [-0.25, -0.2) is 0 Å². The smallest absolute Gasteiger partial charge is 0.116 e. The highest BCUT2D eigenvalue weighted by molar-refractivity contribution is 9.15. The molecule has 1 aliphatic rings. The Morgan fingerprint density at radius 1 is 1.36 bits per heavy atom. The quantitative estimate of drug-likeness (QED) is 0.701. The molecule has 0 atom stereocenters. The Labute approximate surface area is 72.7 Å². The highest BCUT2D eigenvalue weighted by atomic mass is 79.9. The van der Waals surface area contributed by atoms with Crippen LogP contribution in [-0.2, 0) is 0 Å². The maximum Gasteiger partial charge on any atom is 0.116 e. The van der Waals surface area contributed by atoms with Crippen molar-refractivity contribution in [3.05, 3.63) is 30.0 Å². The van der Waals surface area contributed by atoms with Crippen molar-refractivity contribution < 1.29 is 5.11 Å². The van der Waals surface area contributed by atoms with E-state index in [2.05, 4.69) is 21.2 Å². The van der Waals surface area contributed by atoms with Gasteiger partial charge in [0.15, 0.2) is 0 Å². The molecule has 0 fully saturated rings. The number of nitrogens with zero attached hydrogens (tertiary/aromatic N) is 1. The van der Waals surface area contributed by atoms with Gasteiger partial charge in [-0.05, 0) is 34.1 Å². The van der Waals surface area contributed by atoms with E-state index in [-0.39, 0.29) is 5.75 Å². The molecule has 0 aliphatic carbocycles. The van der Waals surface area contributed by atoms with E-state index in [4.69, 9.17) is 5.11 Å². The van der Waals surface area contributed by atoms with E-state index in [1.807, 2.05) is 0 Å². The molecular weight excluding hydrogens is 206 g/mol. The van der Waals surface area contributed by atoms with Crippen molar-refractivity contribution in [3.63, 3.8) is 0 Å². The number of halogens is 1. The fourth-order valence-corrected chi connectivity index (χ4v) is 1.44. The van der Waals surface area contributed by atoms with Crippen LogP contribution in [0.4, 0.5) is 5.69 Å². The SMILES string of the molecule is Oc1ccc2c(c1)C(Br)=C[N]2. The second kappa shape index (κ2) is 2.27. The Kier molecular flexibility index (Phi) is 1.39. The third-order valence-electron chi connectivity index (χ3n) is 1.55. The monoisotopic (exact) mass is 210 g/mol. The number of phenols is 1. The molecule has 0 spiro atoms. The second-order valence-electron chi connectivity index (χ2n) is 2.31. The first-order valence-electron chi connectivity index (χ1n) is 3.17. The molecule has 1 aromatic rings. The molecule has 1 aliphatic heterocycles. The third-order valence-corrected chi connectivity index (χ3v) is 2.19. The maximum atomic E-state index is 9.12. The van der Waals surface area contributed by atoms with Crippen LogP contribution in [0.25, 0.3) is 4.48 Å². The Morgan fingerprint density at radius 3 is 3.00 bits per heavy atom. The van der Waals surface area contributed by atoms with Crippen LogP contribution in [0.1, 0.15) is 5.56 Å². The largest absolute Gasteiger partial charge is 0.508 e. The summed E-state index contributed by atoms with van der Waals surface area (Å²) in [6, 6.07) is 5.10. The molecule has 0 bridgehead atoms. The second-order valence-corrected chi connectivity index (χ2v) is 3.16. The predicted octanol–water partition coefficient (Wildman–Crippen LogP) is 2.33. The fraction of sp³-hybridized carbons (Fsp3) is 0. The Morgan fingerprint density at radius 2 is 2.18 bits per heavy atom. The van der Waals surface area contributed by atoms with Gasteiger partial charge in [0.05, 0.1) is 5.69 Å². The van der Waals surface area contributed by atoms with Crippen LogP contribution in [0.2, 0.25) is 0 Å². The van der Waals surface area contributed by atoms with Gasteiger partial charge in [-0.3, -0.25) is 5.32 Å². The van der Waals surface area contributed by atoms with E-state index in [0.717, 1.165) is 15.7 Å². The lowest BCUT2D eigenvalue weighted by atomic mass is 10.2. The molecule has 1 heterocycles. The first-order chi connectivity index (χ1) is 5.27. The zero-order valence-corrected chi connectivity index (χ0v) is 7.17. The van der Waals surface area contributed by atoms with Crippen LogP contribution >= 0.6 is 15.9 Å².